The van der Waals surface area contributed by atoms with Gasteiger partial charge in [-0.3, -0.25) is 10.1 Å². The van der Waals surface area contributed by atoms with E-state index in [2.05, 4.69) is 0 Å². The summed E-state index contributed by atoms with van der Waals surface area (Å²) in [7, 11) is 0. The summed E-state index contributed by atoms with van der Waals surface area (Å²) in [6, 6.07) is 5.13. The van der Waals surface area contributed by atoms with Crippen molar-refractivity contribution in [2.75, 3.05) is 18.0 Å². The molecule has 0 radical (unpaired) electrons. The summed E-state index contributed by atoms with van der Waals surface area (Å²) in [5.41, 5.74) is 1.77. The molecule has 18 heavy (non-hydrogen) atoms. The Labute approximate surface area is 106 Å². The molecule has 0 bridgehead atoms. The summed E-state index contributed by atoms with van der Waals surface area (Å²) >= 11 is 0. The molecule has 0 aromatic heterocycles. The molecule has 1 N–H and O–H groups in total. The van der Waals surface area contributed by atoms with Crippen LogP contribution >= 0.6 is 0 Å². The molecule has 0 amide bonds. The lowest BCUT2D eigenvalue weighted by atomic mass is 10.0. The summed E-state index contributed by atoms with van der Waals surface area (Å²) in [4.78, 5) is 12.8. The molecule has 1 aliphatic rings. The van der Waals surface area contributed by atoms with Gasteiger partial charge in [-0.05, 0) is 25.8 Å². The van der Waals surface area contributed by atoms with E-state index < -0.39 is 0 Å². The van der Waals surface area contributed by atoms with Gasteiger partial charge in [-0.15, -0.1) is 0 Å². The average molecular weight is 250 g/mol. The van der Waals surface area contributed by atoms with E-state index in [1.807, 2.05) is 17.9 Å². The normalized spacial score (nSPS) is 21.1. The molecule has 2 rings (SSSR count). The number of hydrogen-bond donors (Lipinski definition) is 1. The van der Waals surface area contributed by atoms with Crippen molar-refractivity contribution in [3.63, 3.8) is 0 Å². The van der Waals surface area contributed by atoms with Crippen LogP contribution in [0.1, 0.15) is 18.9 Å². The van der Waals surface area contributed by atoms with Gasteiger partial charge in [0, 0.05) is 25.1 Å². The molecule has 1 fully saturated rings. The SMILES string of the molecule is Cc1cccc([N+](=O)[O-])c1N1CCC(C(C)O)C1. The van der Waals surface area contributed by atoms with E-state index >= 15 is 0 Å². The van der Waals surface area contributed by atoms with Crippen molar-refractivity contribution in [2.45, 2.75) is 26.4 Å². The number of aliphatic hydroxyl groups excluding tert-OH is 1. The van der Waals surface area contributed by atoms with Crippen LogP contribution in [0.15, 0.2) is 18.2 Å². The summed E-state index contributed by atoms with van der Waals surface area (Å²) in [5, 5.41) is 20.7. The molecule has 1 aromatic carbocycles. The fourth-order valence-corrected chi connectivity index (χ4v) is 2.59. The second-order valence-corrected chi connectivity index (χ2v) is 4.94. The molecule has 1 aliphatic heterocycles. The van der Waals surface area contributed by atoms with Crippen LogP contribution < -0.4 is 4.90 Å². The molecule has 1 saturated heterocycles. The van der Waals surface area contributed by atoms with Gasteiger partial charge in [0.05, 0.1) is 11.0 Å². The number of nitro groups is 1. The first-order valence-electron chi connectivity index (χ1n) is 6.17. The van der Waals surface area contributed by atoms with Crippen molar-refractivity contribution in [3.8, 4) is 0 Å². The molecule has 2 unspecified atom stereocenters. The molecule has 0 aliphatic carbocycles. The summed E-state index contributed by atoms with van der Waals surface area (Å²) in [5.74, 6) is 0.198. The van der Waals surface area contributed by atoms with E-state index in [9.17, 15) is 15.2 Å². The number of anilines is 1. The number of rotatable bonds is 3. The Hall–Kier alpha value is -1.62. The number of aryl methyl sites for hydroxylation is 1. The fraction of sp³-hybridized carbons (Fsp3) is 0.538. The lowest BCUT2D eigenvalue weighted by Crippen LogP contribution is -2.25. The maximum atomic E-state index is 11.1. The van der Waals surface area contributed by atoms with E-state index in [4.69, 9.17) is 0 Å². The van der Waals surface area contributed by atoms with Crippen LogP contribution in [0.5, 0.6) is 0 Å². The minimum atomic E-state index is -0.363. The van der Waals surface area contributed by atoms with Gasteiger partial charge in [-0.1, -0.05) is 12.1 Å². The zero-order valence-electron chi connectivity index (χ0n) is 10.7. The van der Waals surface area contributed by atoms with E-state index in [0.29, 0.717) is 12.2 Å². The lowest BCUT2D eigenvalue weighted by molar-refractivity contribution is -0.384. The molecular weight excluding hydrogens is 232 g/mol. The Bertz CT molecular complexity index is 460. The summed E-state index contributed by atoms with van der Waals surface area (Å²) in [6.07, 6.45) is 0.515. The monoisotopic (exact) mass is 250 g/mol. The quantitative estimate of drug-likeness (QED) is 0.659. The van der Waals surface area contributed by atoms with Gasteiger partial charge in [0.15, 0.2) is 0 Å². The predicted molar refractivity (Wildman–Crippen MR) is 69.8 cm³/mol. The number of aliphatic hydroxyl groups is 1. The molecule has 5 nitrogen and oxygen atoms in total. The van der Waals surface area contributed by atoms with Gasteiger partial charge in [0.25, 0.3) is 5.69 Å². The third kappa shape index (κ3) is 2.31. The van der Waals surface area contributed by atoms with E-state index in [-0.39, 0.29) is 22.6 Å². The highest BCUT2D eigenvalue weighted by molar-refractivity contribution is 5.68. The highest BCUT2D eigenvalue weighted by Gasteiger charge is 2.30. The number of benzene rings is 1. The van der Waals surface area contributed by atoms with Crippen molar-refractivity contribution in [1.82, 2.24) is 0 Å². The summed E-state index contributed by atoms with van der Waals surface area (Å²) < 4.78 is 0. The molecule has 1 heterocycles. The van der Waals surface area contributed by atoms with Crippen molar-refractivity contribution >= 4 is 11.4 Å². The van der Waals surface area contributed by atoms with Gasteiger partial charge >= 0.3 is 0 Å². The molecule has 1 aromatic rings. The smallest absolute Gasteiger partial charge is 0.292 e. The van der Waals surface area contributed by atoms with Gasteiger partial charge < -0.3 is 10.0 Å². The first-order chi connectivity index (χ1) is 8.50. The second-order valence-electron chi connectivity index (χ2n) is 4.94. The number of nitrogens with zero attached hydrogens (tertiary/aromatic N) is 2. The van der Waals surface area contributed by atoms with Crippen molar-refractivity contribution in [3.05, 3.63) is 33.9 Å². The second kappa shape index (κ2) is 4.94. The Morgan fingerprint density at radius 3 is 2.83 bits per heavy atom. The van der Waals surface area contributed by atoms with Crippen molar-refractivity contribution < 1.29 is 10.0 Å². The van der Waals surface area contributed by atoms with Crippen LogP contribution in [-0.2, 0) is 0 Å². The Balaban J connectivity index is 2.32. The Morgan fingerprint density at radius 1 is 1.56 bits per heavy atom. The van der Waals surface area contributed by atoms with Crippen LogP contribution in [0.25, 0.3) is 0 Å². The largest absolute Gasteiger partial charge is 0.393 e. The molecule has 2 atom stereocenters. The average Bonchev–Trinajstić information content (AvgIpc) is 2.77. The first kappa shape index (κ1) is 12.8. The van der Waals surface area contributed by atoms with Crippen LogP contribution in [0.4, 0.5) is 11.4 Å². The molecule has 0 saturated carbocycles. The fourth-order valence-electron chi connectivity index (χ4n) is 2.59. The Kier molecular flexibility index (Phi) is 3.52. The van der Waals surface area contributed by atoms with Crippen LogP contribution in [-0.4, -0.2) is 29.2 Å². The van der Waals surface area contributed by atoms with E-state index in [1.165, 1.54) is 6.07 Å². The van der Waals surface area contributed by atoms with Crippen LogP contribution in [0.3, 0.4) is 0 Å². The highest BCUT2D eigenvalue weighted by Crippen LogP contribution is 2.35. The molecule has 98 valence electrons. The van der Waals surface area contributed by atoms with Gasteiger partial charge in [0.2, 0.25) is 0 Å². The van der Waals surface area contributed by atoms with Crippen molar-refractivity contribution in [1.29, 1.82) is 0 Å². The number of para-hydroxylation sites is 1. The van der Waals surface area contributed by atoms with Crippen LogP contribution in [0, 0.1) is 23.0 Å². The van der Waals surface area contributed by atoms with E-state index in [1.54, 1.807) is 13.0 Å². The highest BCUT2D eigenvalue weighted by atomic mass is 16.6. The topological polar surface area (TPSA) is 66.6 Å². The maximum absolute atomic E-state index is 11.1. The van der Waals surface area contributed by atoms with Gasteiger partial charge in [-0.2, -0.15) is 0 Å². The minimum Gasteiger partial charge on any atom is -0.393 e. The molecule has 5 heteroatoms. The lowest BCUT2D eigenvalue weighted by Gasteiger charge is -2.21. The third-order valence-corrected chi connectivity index (χ3v) is 3.64. The molecule has 0 spiro atoms. The zero-order valence-corrected chi connectivity index (χ0v) is 10.7. The standard InChI is InChI=1S/C13H18N2O3/c1-9-4-3-5-12(15(17)18)13(9)14-7-6-11(8-14)10(2)16/h3-5,10-11,16H,6-8H2,1-2H3. The first-order valence-corrected chi connectivity index (χ1v) is 6.17. The summed E-state index contributed by atoms with van der Waals surface area (Å²) in [6.45, 7) is 5.11. The van der Waals surface area contributed by atoms with Gasteiger partial charge in [0.1, 0.15) is 5.69 Å². The number of hydrogen-bond acceptors (Lipinski definition) is 4. The maximum Gasteiger partial charge on any atom is 0.292 e. The number of nitro benzene ring substituents is 1. The Morgan fingerprint density at radius 2 is 2.28 bits per heavy atom. The predicted octanol–water partition coefficient (Wildman–Crippen LogP) is 2.11. The third-order valence-electron chi connectivity index (χ3n) is 3.64. The zero-order chi connectivity index (χ0) is 13.3. The van der Waals surface area contributed by atoms with Crippen molar-refractivity contribution in [2.24, 2.45) is 5.92 Å². The molecular formula is C13H18N2O3. The minimum absolute atomic E-state index is 0.154. The van der Waals surface area contributed by atoms with Gasteiger partial charge in [-0.25, -0.2) is 0 Å². The van der Waals surface area contributed by atoms with E-state index in [0.717, 1.165) is 18.5 Å². The van der Waals surface area contributed by atoms with Crippen LogP contribution in [0.2, 0.25) is 0 Å².